The Balaban J connectivity index is 2.29. The molecule has 3 nitrogen and oxygen atoms in total. The van der Waals surface area contributed by atoms with E-state index in [0.717, 1.165) is 18.5 Å². The molecule has 0 saturated heterocycles. The molecule has 4 heteroatoms. The maximum atomic E-state index is 11.5. The molecule has 0 spiro atoms. The van der Waals surface area contributed by atoms with Gasteiger partial charge in [0, 0.05) is 25.6 Å². The van der Waals surface area contributed by atoms with Crippen LogP contribution in [0, 0.1) is 0 Å². The molecule has 2 rings (SSSR count). The number of hydrogen-bond acceptors (Lipinski definition) is 2. The summed E-state index contributed by atoms with van der Waals surface area (Å²) in [6.07, 6.45) is 0.851. The van der Waals surface area contributed by atoms with Crippen LogP contribution in [0.25, 0.3) is 0 Å². The average Bonchev–Trinajstić information content (AvgIpc) is 2.36. The summed E-state index contributed by atoms with van der Waals surface area (Å²) < 4.78 is 0. The Morgan fingerprint density at radius 1 is 1.35 bits per heavy atom. The molecule has 0 bridgehead atoms. The largest absolute Gasteiger partial charge is 0.338 e. The van der Waals surface area contributed by atoms with Crippen molar-refractivity contribution in [1.29, 1.82) is 0 Å². The zero-order valence-electron chi connectivity index (χ0n) is 9.70. The number of rotatable bonds is 2. The fourth-order valence-corrected chi connectivity index (χ4v) is 2.23. The molecule has 0 unspecified atom stereocenters. The Hall–Kier alpha value is -1.35. The highest BCUT2D eigenvalue weighted by Crippen LogP contribution is 2.20. The number of Topliss-reactive ketones (excluding diaryl/α,β-unsaturated/α-hetero) is 1. The molecule has 0 atom stereocenters. The highest BCUT2D eigenvalue weighted by Gasteiger charge is 2.19. The lowest BCUT2D eigenvalue weighted by Crippen LogP contribution is -2.34. The normalized spacial score (nSPS) is 14.4. The molecule has 1 amide bonds. The molecule has 17 heavy (non-hydrogen) atoms. The molecular formula is C13H14ClNO2. The summed E-state index contributed by atoms with van der Waals surface area (Å²) >= 11 is 5.53. The summed E-state index contributed by atoms with van der Waals surface area (Å²) in [5.74, 6) is -0.00555. The van der Waals surface area contributed by atoms with Crippen LogP contribution >= 0.6 is 11.6 Å². The summed E-state index contributed by atoms with van der Waals surface area (Å²) in [7, 11) is 0. The van der Waals surface area contributed by atoms with Crippen molar-refractivity contribution in [2.45, 2.75) is 19.9 Å². The van der Waals surface area contributed by atoms with Crippen LogP contribution in [0.5, 0.6) is 0 Å². The molecule has 1 aromatic carbocycles. The molecule has 0 saturated carbocycles. The van der Waals surface area contributed by atoms with Crippen molar-refractivity contribution in [3.63, 3.8) is 0 Å². The summed E-state index contributed by atoms with van der Waals surface area (Å²) in [4.78, 5) is 24.6. The Kier molecular flexibility index (Phi) is 3.48. The third kappa shape index (κ3) is 2.50. The van der Waals surface area contributed by atoms with Crippen molar-refractivity contribution in [1.82, 2.24) is 4.90 Å². The molecule has 1 aromatic rings. The summed E-state index contributed by atoms with van der Waals surface area (Å²) in [6, 6.07) is 5.63. The van der Waals surface area contributed by atoms with Gasteiger partial charge in [0.15, 0.2) is 5.78 Å². The smallest absolute Gasteiger partial charge is 0.219 e. The summed E-state index contributed by atoms with van der Waals surface area (Å²) in [6.45, 7) is 2.91. The number of benzene rings is 1. The Labute approximate surface area is 105 Å². The van der Waals surface area contributed by atoms with Crippen LogP contribution < -0.4 is 0 Å². The topological polar surface area (TPSA) is 37.4 Å². The third-order valence-electron chi connectivity index (χ3n) is 3.11. The fraction of sp³-hybridized carbons (Fsp3) is 0.385. The summed E-state index contributed by atoms with van der Waals surface area (Å²) in [5, 5.41) is 0. The quantitative estimate of drug-likeness (QED) is 0.596. The van der Waals surface area contributed by atoms with E-state index in [-0.39, 0.29) is 17.6 Å². The minimum atomic E-state index is -0.0746. The summed E-state index contributed by atoms with van der Waals surface area (Å²) in [5.41, 5.74) is 2.90. The molecule has 0 radical (unpaired) electrons. The lowest BCUT2D eigenvalue weighted by molar-refractivity contribution is -0.129. The number of ketones is 1. The molecule has 1 heterocycles. The second-order valence-corrected chi connectivity index (χ2v) is 4.50. The number of carbonyl (C=O) groups excluding carboxylic acids is 2. The second-order valence-electron chi connectivity index (χ2n) is 4.23. The first kappa shape index (κ1) is 12.1. The van der Waals surface area contributed by atoms with Crippen molar-refractivity contribution in [2.75, 3.05) is 12.4 Å². The molecule has 0 N–H and O–H groups in total. The van der Waals surface area contributed by atoms with Crippen molar-refractivity contribution < 1.29 is 9.59 Å². The van der Waals surface area contributed by atoms with Crippen molar-refractivity contribution >= 4 is 23.3 Å². The first-order chi connectivity index (χ1) is 8.11. The number of hydrogen-bond donors (Lipinski definition) is 0. The van der Waals surface area contributed by atoms with Crippen molar-refractivity contribution in [2.24, 2.45) is 0 Å². The van der Waals surface area contributed by atoms with E-state index in [2.05, 4.69) is 0 Å². The van der Waals surface area contributed by atoms with E-state index < -0.39 is 0 Å². The van der Waals surface area contributed by atoms with Gasteiger partial charge in [-0.1, -0.05) is 12.1 Å². The maximum Gasteiger partial charge on any atom is 0.219 e. The first-order valence-electron chi connectivity index (χ1n) is 5.58. The van der Waals surface area contributed by atoms with E-state index in [4.69, 9.17) is 11.6 Å². The van der Waals surface area contributed by atoms with Crippen LogP contribution in [-0.2, 0) is 17.8 Å². The Bertz CT molecular complexity index is 470. The van der Waals surface area contributed by atoms with Gasteiger partial charge >= 0.3 is 0 Å². The van der Waals surface area contributed by atoms with E-state index in [1.807, 2.05) is 18.2 Å². The molecule has 90 valence electrons. The van der Waals surface area contributed by atoms with Crippen LogP contribution in [0.15, 0.2) is 18.2 Å². The van der Waals surface area contributed by atoms with E-state index in [1.165, 1.54) is 5.56 Å². The molecule has 1 aliphatic heterocycles. The van der Waals surface area contributed by atoms with Gasteiger partial charge in [0.05, 0.1) is 5.88 Å². The van der Waals surface area contributed by atoms with Crippen LogP contribution in [-0.4, -0.2) is 29.0 Å². The van der Waals surface area contributed by atoms with Gasteiger partial charge in [-0.05, 0) is 23.6 Å². The third-order valence-corrected chi connectivity index (χ3v) is 3.35. The van der Waals surface area contributed by atoms with Crippen LogP contribution in [0.4, 0.5) is 0 Å². The average molecular weight is 252 g/mol. The second kappa shape index (κ2) is 4.88. The van der Waals surface area contributed by atoms with Gasteiger partial charge in [-0.25, -0.2) is 0 Å². The highest BCUT2D eigenvalue weighted by atomic mass is 35.5. The van der Waals surface area contributed by atoms with Crippen molar-refractivity contribution in [3.05, 3.63) is 34.9 Å². The zero-order valence-corrected chi connectivity index (χ0v) is 10.5. The molecule has 0 aromatic heterocycles. The van der Waals surface area contributed by atoms with Gasteiger partial charge in [0.1, 0.15) is 0 Å². The van der Waals surface area contributed by atoms with Crippen LogP contribution in [0.2, 0.25) is 0 Å². The minimum absolute atomic E-state index is 0.00475. The van der Waals surface area contributed by atoms with Gasteiger partial charge in [0.25, 0.3) is 0 Å². The van der Waals surface area contributed by atoms with Gasteiger partial charge < -0.3 is 4.90 Å². The van der Waals surface area contributed by atoms with Crippen molar-refractivity contribution in [3.8, 4) is 0 Å². The lowest BCUT2D eigenvalue weighted by Gasteiger charge is -2.28. The lowest BCUT2D eigenvalue weighted by atomic mass is 9.96. The number of carbonyl (C=O) groups is 2. The zero-order chi connectivity index (χ0) is 12.4. The molecule has 1 aliphatic rings. The number of nitrogens with zero attached hydrogens (tertiary/aromatic N) is 1. The first-order valence-corrected chi connectivity index (χ1v) is 6.11. The number of alkyl halides is 1. The Morgan fingerprint density at radius 2 is 2.12 bits per heavy atom. The van der Waals surface area contributed by atoms with Gasteiger partial charge in [0.2, 0.25) is 5.91 Å². The van der Waals surface area contributed by atoms with E-state index in [1.54, 1.807) is 11.8 Å². The monoisotopic (exact) mass is 251 g/mol. The van der Waals surface area contributed by atoms with E-state index in [9.17, 15) is 9.59 Å². The van der Waals surface area contributed by atoms with Gasteiger partial charge in [-0.15, -0.1) is 11.6 Å². The van der Waals surface area contributed by atoms with Gasteiger partial charge in [-0.3, -0.25) is 9.59 Å². The SMILES string of the molecule is CC(=O)N1CCc2ccc(C(=O)CCl)cc2C1. The standard InChI is InChI=1S/C13H14ClNO2/c1-9(16)15-5-4-10-2-3-11(13(17)7-14)6-12(10)8-15/h2-3,6H,4-5,7-8H2,1H3. The Morgan fingerprint density at radius 3 is 2.76 bits per heavy atom. The molecule has 0 fully saturated rings. The predicted molar refractivity (Wildman–Crippen MR) is 66.3 cm³/mol. The van der Waals surface area contributed by atoms with Crippen LogP contribution in [0.1, 0.15) is 28.4 Å². The van der Waals surface area contributed by atoms with Gasteiger partial charge in [-0.2, -0.15) is 0 Å². The maximum absolute atomic E-state index is 11.5. The molecular weight excluding hydrogens is 238 g/mol. The van der Waals surface area contributed by atoms with E-state index in [0.29, 0.717) is 12.1 Å². The minimum Gasteiger partial charge on any atom is -0.338 e. The van der Waals surface area contributed by atoms with E-state index >= 15 is 0 Å². The molecule has 0 aliphatic carbocycles. The fourth-order valence-electron chi connectivity index (χ4n) is 2.08. The number of fused-ring (bicyclic) bond motifs is 1. The number of amides is 1. The van der Waals surface area contributed by atoms with Crippen LogP contribution in [0.3, 0.4) is 0 Å². The highest BCUT2D eigenvalue weighted by molar-refractivity contribution is 6.30. The predicted octanol–water partition coefficient (Wildman–Crippen LogP) is 2.01. The number of halogens is 1.